The summed E-state index contributed by atoms with van der Waals surface area (Å²) in [4.78, 5) is 0. The molecule has 3 atom stereocenters. The number of hydrogen-bond donors (Lipinski definition) is 1. The van der Waals surface area contributed by atoms with Crippen LogP contribution in [0.3, 0.4) is 0 Å². The zero-order chi connectivity index (χ0) is 15.6. The summed E-state index contributed by atoms with van der Waals surface area (Å²) in [5.41, 5.74) is 8.37. The molecule has 0 radical (unpaired) electrons. The molecular formula is C14H21NO4S2. The number of aryl methyl sites for hydroxylation is 1. The summed E-state index contributed by atoms with van der Waals surface area (Å²) >= 11 is 0. The van der Waals surface area contributed by atoms with Crippen molar-refractivity contribution in [2.24, 2.45) is 5.73 Å². The van der Waals surface area contributed by atoms with Crippen LogP contribution in [-0.4, -0.2) is 42.7 Å². The van der Waals surface area contributed by atoms with Gasteiger partial charge >= 0.3 is 0 Å². The number of hydrogen-bond acceptors (Lipinski definition) is 5. The number of sulfone groups is 1. The molecule has 21 heavy (non-hydrogen) atoms. The fraction of sp³-hybridized carbons (Fsp3) is 0.571. The highest BCUT2D eigenvalue weighted by atomic mass is 32.2. The molecule has 0 aliphatic heterocycles. The first-order chi connectivity index (χ1) is 9.81. The maximum atomic E-state index is 12.4. The first-order valence-electron chi connectivity index (χ1n) is 6.79. The average molecular weight is 331 g/mol. The van der Waals surface area contributed by atoms with Crippen LogP contribution in [0.1, 0.15) is 23.6 Å². The first kappa shape index (κ1) is 16.5. The Morgan fingerprint density at radius 3 is 2.76 bits per heavy atom. The Hall–Kier alpha value is -0.920. The Morgan fingerprint density at radius 2 is 2.14 bits per heavy atom. The van der Waals surface area contributed by atoms with E-state index >= 15 is 0 Å². The van der Waals surface area contributed by atoms with Gasteiger partial charge in [0.2, 0.25) is 0 Å². The summed E-state index contributed by atoms with van der Waals surface area (Å²) < 4.78 is 40.0. The van der Waals surface area contributed by atoms with Gasteiger partial charge in [-0.25, -0.2) is 8.42 Å². The molecule has 1 aliphatic rings. The second-order valence-corrected chi connectivity index (χ2v) is 9.42. The van der Waals surface area contributed by atoms with Gasteiger partial charge in [-0.2, -0.15) is 0 Å². The molecule has 118 valence electrons. The van der Waals surface area contributed by atoms with Crippen molar-refractivity contribution >= 4 is 20.6 Å². The number of benzene rings is 1. The van der Waals surface area contributed by atoms with Gasteiger partial charge < -0.3 is 10.5 Å². The summed E-state index contributed by atoms with van der Waals surface area (Å²) in [7, 11) is -2.75. The predicted octanol–water partition coefficient (Wildman–Crippen LogP) is 0.803. The maximum absolute atomic E-state index is 12.4. The molecule has 3 unspecified atom stereocenters. The van der Waals surface area contributed by atoms with Crippen molar-refractivity contribution in [3.8, 4) is 5.75 Å². The molecule has 1 aromatic rings. The van der Waals surface area contributed by atoms with Crippen molar-refractivity contribution < 1.29 is 17.4 Å². The van der Waals surface area contributed by atoms with E-state index in [2.05, 4.69) is 0 Å². The molecule has 0 aromatic heterocycles. The average Bonchev–Trinajstić information content (AvgIpc) is 2.44. The molecule has 1 aliphatic carbocycles. The largest absolute Gasteiger partial charge is 0.497 e. The van der Waals surface area contributed by atoms with Crippen LogP contribution in [0.15, 0.2) is 18.2 Å². The lowest BCUT2D eigenvalue weighted by molar-refractivity contribution is 0.412. The molecule has 0 bridgehead atoms. The fourth-order valence-corrected chi connectivity index (χ4v) is 5.62. The van der Waals surface area contributed by atoms with Crippen molar-refractivity contribution in [1.82, 2.24) is 0 Å². The molecule has 5 nitrogen and oxygen atoms in total. The van der Waals surface area contributed by atoms with E-state index in [0.717, 1.165) is 36.0 Å². The first-order valence-corrected chi connectivity index (χ1v) is 10.2. The van der Waals surface area contributed by atoms with E-state index in [0.29, 0.717) is 0 Å². The van der Waals surface area contributed by atoms with E-state index in [1.807, 2.05) is 18.2 Å². The summed E-state index contributed by atoms with van der Waals surface area (Å²) in [6.45, 7) is 0. The maximum Gasteiger partial charge on any atom is 0.148 e. The van der Waals surface area contributed by atoms with Crippen molar-refractivity contribution in [2.75, 3.05) is 24.9 Å². The third-order valence-electron chi connectivity index (χ3n) is 3.80. The van der Waals surface area contributed by atoms with Gasteiger partial charge in [-0.15, -0.1) is 0 Å². The Kier molecular flexibility index (Phi) is 5.06. The number of ether oxygens (including phenoxy) is 1. The van der Waals surface area contributed by atoms with Crippen molar-refractivity contribution in [2.45, 2.75) is 24.1 Å². The van der Waals surface area contributed by atoms with Crippen molar-refractivity contribution in [3.05, 3.63) is 29.3 Å². The molecule has 0 saturated heterocycles. The van der Waals surface area contributed by atoms with Gasteiger partial charge in [0, 0.05) is 28.9 Å². The Bertz CT molecular complexity index is 642. The number of rotatable bonds is 5. The third-order valence-corrected chi connectivity index (χ3v) is 6.82. The monoisotopic (exact) mass is 331 g/mol. The lowest BCUT2D eigenvalue weighted by atomic mass is 9.87. The van der Waals surface area contributed by atoms with Crippen LogP contribution in [0.2, 0.25) is 0 Å². The minimum absolute atomic E-state index is 0.0617. The standard InChI is InChI=1S/C14H21NO4S2/c1-19-11-5-3-10-4-6-13(14(15)12(10)9-11)20(16)7-8-21(2,17)18/h3,5,9,13-14H,4,6-8,15H2,1-2H3. The highest BCUT2D eigenvalue weighted by molar-refractivity contribution is 7.92. The van der Waals surface area contributed by atoms with Crippen LogP contribution >= 0.6 is 0 Å². The van der Waals surface area contributed by atoms with Gasteiger partial charge in [-0.3, -0.25) is 4.21 Å². The molecule has 7 heteroatoms. The quantitative estimate of drug-likeness (QED) is 0.862. The van der Waals surface area contributed by atoms with Gasteiger partial charge in [0.25, 0.3) is 0 Å². The van der Waals surface area contributed by atoms with Crippen LogP contribution in [0, 0.1) is 0 Å². The molecular weight excluding hydrogens is 310 g/mol. The van der Waals surface area contributed by atoms with E-state index < -0.39 is 20.6 Å². The highest BCUT2D eigenvalue weighted by Gasteiger charge is 2.31. The predicted molar refractivity (Wildman–Crippen MR) is 84.8 cm³/mol. The number of nitrogens with two attached hydrogens (primary N) is 1. The lowest BCUT2D eigenvalue weighted by Crippen LogP contribution is -2.36. The molecule has 2 N–H and O–H groups in total. The Labute approximate surface area is 128 Å². The van der Waals surface area contributed by atoms with E-state index in [9.17, 15) is 12.6 Å². The highest BCUT2D eigenvalue weighted by Crippen LogP contribution is 2.33. The normalized spacial score (nSPS) is 23.4. The minimum atomic E-state index is -3.10. The van der Waals surface area contributed by atoms with Crippen LogP contribution < -0.4 is 10.5 Å². The summed E-state index contributed by atoms with van der Waals surface area (Å²) in [6, 6.07) is 5.43. The smallest absolute Gasteiger partial charge is 0.148 e. The summed E-state index contributed by atoms with van der Waals surface area (Å²) in [6.07, 6.45) is 2.68. The summed E-state index contributed by atoms with van der Waals surface area (Å²) in [5, 5.41) is -0.202. The second-order valence-electron chi connectivity index (χ2n) is 5.38. The Morgan fingerprint density at radius 1 is 1.43 bits per heavy atom. The number of methoxy groups -OCH3 is 1. The van der Waals surface area contributed by atoms with Crippen molar-refractivity contribution in [3.63, 3.8) is 0 Å². The molecule has 0 spiro atoms. The van der Waals surface area contributed by atoms with Crippen LogP contribution in [0.5, 0.6) is 5.75 Å². The molecule has 0 saturated carbocycles. The van der Waals surface area contributed by atoms with Gasteiger partial charge in [0.1, 0.15) is 15.6 Å². The van der Waals surface area contributed by atoms with Crippen molar-refractivity contribution in [1.29, 1.82) is 0 Å². The topological polar surface area (TPSA) is 86.5 Å². The molecule has 0 fully saturated rings. The lowest BCUT2D eigenvalue weighted by Gasteiger charge is -2.30. The Balaban J connectivity index is 2.15. The van der Waals surface area contributed by atoms with Crippen LogP contribution in [0.4, 0.5) is 0 Å². The van der Waals surface area contributed by atoms with Crippen LogP contribution in [0.25, 0.3) is 0 Å². The second kappa shape index (κ2) is 6.46. The van der Waals surface area contributed by atoms with E-state index in [1.165, 1.54) is 0 Å². The van der Waals surface area contributed by atoms with Gasteiger partial charge in [-0.05, 0) is 36.1 Å². The van der Waals surface area contributed by atoms with Gasteiger partial charge in [0.15, 0.2) is 0 Å². The minimum Gasteiger partial charge on any atom is -0.497 e. The fourth-order valence-electron chi connectivity index (χ4n) is 2.60. The van der Waals surface area contributed by atoms with Gasteiger partial charge in [-0.1, -0.05) is 6.07 Å². The number of fused-ring (bicyclic) bond motifs is 1. The third kappa shape index (κ3) is 4.05. The molecule has 1 aromatic carbocycles. The summed E-state index contributed by atoms with van der Waals surface area (Å²) in [5.74, 6) is 0.816. The zero-order valence-electron chi connectivity index (χ0n) is 12.2. The molecule has 0 heterocycles. The van der Waals surface area contributed by atoms with E-state index in [4.69, 9.17) is 10.5 Å². The van der Waals surface area contributed by atoms with Crippen LogP contribution in [-0.2, 0) is 27.1 Å². The molecule has 2 rings (SSSR count). The van der Waals surface area contributed by atoms with E-state index in [-0.39, 0.29) is 22.8 Å². The SMILES string of the molecule is COc1ccc2c(c1)C(N)C(S(=O)CCS(C)(=O)=O)CC2. The molecule has 0 amide bonds. The van der Waals surface area contributed by atoms with E-state index in [1.54, 1.807) is 7.11 Å². The van der Waals surface area contributed by atoms with Gasteiger partial charge in [0.05, 0.1) is 18.1 Å². The zero-order valence-corrected chi connectivity index (χ0v) is 13.9.